The van der Waals surface area contributed by atoms with Crippen LogP contribution in [0.1, 0.15) is 31.2 Å². The number of likely N-dealkylation sites (tertiary alicyclic amines) is 1. The molecule has 0 aromatic heterocycles. The van der Waals surface area contributed by atoms with Crippen LogP contribution >= 0.6 is 11.8 Å². The molecule has 4 nitrogen and oxygen atoms in total. The summed E-state index contributed by atoms with van der Waals surface area (Å²) in [6.07, 6.45) is 9.48. The largest absolute Gasteiger partial charge is 0.452 e. The molecule has 0 atom stereocenters. The monoisotopic (exact) mass is 333 g/mol. The van der Waals surface area contributed by atoms with Crippen LogP contribution in [0.4, 0.5) is 0 Å². The number of thioether (sulfide) groups is 1. The molecular weight excluding hydrogens is 310 g/mol. The number of amides is 1. The summed E-state index contributed by atoms with van der Waals surface area (Å²) in [6.45, 7) is 1.37. The van der Waals surface area contributed by atoms with Gasteiger partial charge < -0.3 is 9.64 Å². The van der Waals surface area contributed by atoms with Gasteiger partial charge in [0.1, 0.15) is 0 Å². The van der Waals surface area contributed by atoms with E-state index in [9.17, 15) is 9.59 Å². The Bertz CT molecular complexity index is 546. The SMILES string of the molecule is CSc1ccc(/C=C/C(=O)OCC(=O)N2CCCCCC2)cc1. The van der Waals surface area contributed by atoms with E-state index in [4.69, 9.17) is 4.74 Å². The molecule has 0 spiro atoms. The first-order valence-corrected chi connectivity index (χ1v) is 9.18. The number of carbonyl (C=O) groups is 2. The summed E-state index contributed by atoms with van der Waals surface area (Å²) in [5.41, 5.74) is 0.929. The van der Waals surface area contributed by atoms with Gasteiger partial charge in [-0.3, -0.25) is 4.79 Å². The predicted molar refractivity (Wildman–Crippen MR) is 93.3 cm³/mol. The van der Waals surface area contributed by atoms with Crippen LogP contribution < -0.4 is 0 Å². The summed E-state index contributed by atoms with van der Waals surface area (Å²) in [6, 6.07) is 7.88. The summed E-state index contributed by atoms with van der Waals surface area (Å²) in [4.78, 5) is 26.7. The Morgan fingerprint density at radius 3 is 2.39 bits per heavy atom. The smallest absolute Gasteiger partial charge is 0.331 e. The number of hydrogen-bond donors (Lipinski definition) is 0. The maximum Gasteiger partial charge on any atom is 0.331 e. The molecule has 1 heterocycles. The van der Waals surface area contributed by atoms with Crippen molar-refractivity contribution in [1.82, 2.24) is 4.90 Å². The van der Waals surface area contributed by atoms with Gasteiger partial charge in [-0.1, -0.05) is 25.0 Å². The van der Waals surface area contributed by atoms with Crippen LogP contribution in [0.5, 0.6) is 0 Å². The van der Waals surface area contributed by atoms with E-state index in [1.54, 1.807) is 22.7 Å². The van der Waals surface area contributed by atoms with Gasteiger partial charge in [0, 0.05) is 24.1 Å². The molecule has 0 aliphatic carbocycles. The van der Waals surface area contributed by atoms with Crippen LogP contribution in [0.25, 0.3) is 6.08 Å². The van der Waals surface area contributed by atoms with Crippen molar-refractivity contribution >= 4 is 29.7 Å². The molecule has 1 aromatic rings. The molecule has 124 valence electrons. The fraction of sp³-hybridized carbons (Fsp3) is 0.444. The third-order valence-corrected chi connectivity index (χ3v) is 4.57. The zero-order valence-electron chi connectivity index (χ0n) is 13.5. The molecule has 1 saturated heterocycles. The minimum absolute atomic E-state index is 0.0991. The van der Waals surface area contributed by atoms with Crippen LogP contribution in [0.2, 0.25) is 0 Å². The molecule has 0 saturated carbocycles. The molecule has 1 fully saturated rings. The van der Waals surface area contributed by atoms with Crippen LogP contribution in [0, 0.1) is 0 Å². The average molecular weight is 333 g/mol. The summed E-state index contributed by atoms with van der Waals surface area (Å²) in [5.74, 6) is -0.583. The highest BCUT2D eigenvalue weighted by atomic mass is 32.2. The van der Waals surface area contributed by atoms with Crippen LogP contribution in [-0.2, 0) is 14.3 Å². The summed E-state index contributed by atoms with van der Waals surface area (Å²) in [7, 11) is 0. The number of nitrogens with zero attached hydrogens (tertiary/aromatic N) is 1. The number of rotatable bonds is 5. The van der Waals surface area contributed by atoms with Gasteiger partial charge >= 0.3 is 5.97 Å². The van der Waals surface area contributed by atoms with Gasteiger partial charge in [0.25, 0.3) is 5.91 Å². The highest BCUT2D eigenvalue weighted by Gasteiger charge is 2.16. The van der Waals surface area contributed by atoms with Crippen molar-refractivity contribution in [2.75, 3.05) is 26.0 Å². The molecule has 0 N–H and O–H groups in total. The van der Waals surface area contributed by atoms with Crippen molar-refractivity contribution in [2.45, 2.75) is 30.6 Å². The van der Waals surface area contributed by atoms with E-state index < -0.39 is 5.97 Å². The highest BCUT2D eigenvalue weighted by molar-refractivity contribution is 7.98. The van der Waals surface area contributed by atoms with Gasteiger partial charge in [-0.05, 0) is 42.9 Å². The first-order valence-electron chi connectivity index (χ1n) is 7.96. The van der Waals surface area contributed by atoms with Crippen LogP contribution in [0.15, 0.2) is 35.2 Å². The van der Waals surface area contributed by atoms with Crippen LogP contribution in [0.3, 0.4) is 0 Å². The maximum absolute atomic E-state index is 12.0. The second-order valence-corrected chi connectivity index (χ2v) is 6.39. The molecular formula is C18H23NO3S. The number of carbonyl (C=O) groups excluding carboxylic acids is 2. The fourth-order valence-corrected chi connectivity index (χ4v) is 2.88. The maximum atomic E-state index is 12.0. The number of hydrogen-bond acceptors (Lipinski definition) is 4. The lowest BCUT2D eigenvalue weighted by atomic mass is 10.2. The minimum Gasteiger partial charge on any atom is -0.452 e. The molecule has 0 radical (unpaired) electrons. The fourth-order valence-electron chi connectivity index (χ4n) is 2.47. The van der Waals surface area contributed by atoms with Crippen molar-refractivity contribution in [2.24, 2.45) is 0 Å². The Morgan fingerprint density at radius 1 is 1.13 bits per heavy atom. The molecule has 2 rings (SSSR count). The van der Waals surface area contributed by atoms with E-state index in [0.29, 0.717) is 0 Å². The summed E-state index contributed by atoms with van der Waals surface area (Å²) in [5, 5.41) is 0. The quantitative estimate of drug-likeness (QED) is 0.471. The third-order valence-electron chi connectivity index (χ3n) is 3.82. The lowest BCUT2D eigenvalue weighted by Crippen LogP contribution is -2.35. The number of ether oxygens (including phenoxy) is 1. The van der Waals surface area contributed by atoms with Gasteiger partial charge in [0.05, 0.1) is 0 Å². The van der Waals surface area contributed by atoms with Gasteiger partial charge in [0.15, 0.2) is 6.61 Å². The molecule has 0 unspecified atom stereocenters. The molecule has 1 aliphatic heterocycles. The van der Waals surface area contributed by atoms with E-state index >= 15 is 0 Å². The highest BCUT2D eigenvalue weighted by Crippen LogP contribution is 2.15. The minimum atomic E-state index is -0.484. The van der Waals surface area contributed by atoms with Gasteiger partial charge in [0.2, 0.25) is 0 Å². The van der Waals surface area contributed by atoms with Crippen molar-refractivity contribution in [3.05, 3.63) is 35.9 Å². The molecule has 1 aromatic carbocycles. The normalized spacial score (nSPS) is 15.4. The predicted octanol–water partition coefficient (Wildman–Crippen LogP) is 3.37. The molecule has 5 heteroatoms. The van der Waals surface area contributed by atoms with Crippen LogP contribution in [-0.4, -0.2) is 42.7 Å². The lowest BCUT2D eigenvalue weighted by Gasteiger charge is -2.19. The Hall–Kier alpha value is -1.75. The Kier molecular flexibility index (Phi) is 7.20. The molecule has 23 heavy (non-hydrogen) atoms. The summed E-state index contributed by atoms with van der Waals surface area (Å²) >= 11 is 1.67. The van der Waals surface area contributed by atoms with Crippen molar-refractivity contribution in [3.8, 4) is 0 Å². The zero-order chi connectivity index (χ0) is 16.5. The first kappa shape index (κ1) is 17.6. The molecule has 1 amide bonds. The van der Waals surface area contributed by atoms with E-state index in [1.807, 2.05) is 30.5 Å². The number of benzene rings is 1. The zero-order valence-corrected chi connectivity index (χ0v) is 14.3. The first-order chi connectivity index (χ1) is 11.2. The van der Waals surface area contributed by atoms with E-state index in [-0.39, 0.29) is 12.5 Å². The van der Waals surface area contributed by atoms with Gasteiger partial charge in [-0.25, -0.2) is 4.79 Å². The number of esters is 1. The summed E-state index contributed by atoms with van der Waals surface area (Å²) < 4.78 is 5.04. The average Bonchev–Trinajstić information content (AvgIpc) is 2.87. The van der Waals surface area contributed by atoms with Crippen molar-refractivity contribution < 1.29 is 14.3 Å². The second kappa shape index (κ2) is 9.40. The lowest BCUT2D eigenvalue weighted by molar-refractivity contribution is -0.148. The van der Waals surface area contributed by atoms with Gasteiger partial charge in [-0.2, -0.15) is 0 Å². The van der Waals surface area contributed by atoms with Crippen molar-refractivity contribution in [3.63, 3.8) is 0 Å². The van der Waals surface area contributed by atoms with E-state index in [1.165, 1.54) is 23.8 Å². The topological polar surface area (TPSA) is 46.6 Å². The van der Waals surface area contributed by atoms with Gasteiger partial charge in [-0.15, -0.1) is 11.8 Å². The Labute approximate surface area is 141 Å². The van der Waals surface area contributed by atoms with E-state index in [2.05, 4.69) is 0 Å². The standard InChI is InChI=1S/C18H23NO3S/c1-23-16-9-6-15(7-10-16)8-11-18(21)22-14-17(20)19-12-4-2-3-5-13-19/h6-11H,2-5,12-14H2,1H3/b11-8+. The Balaban J connectivity index is 1.77. The Morgan fingerprint density at radius 2 is 1.78 bits per heavy atom. The van der Waals surface area contributed by atoms with Crippen molar-refractivity contribution in [1.29, 1.82) is 0 Å². The second-order valence-electron chi connectivity index (χ2n) is 5.51. The van der Waals surface area contributed by atoms with E-state index in [0.717, 1.165) is 31.5 Å². The third kappa shape index (κ3) is 6.10. The molecule has 1 aliphatic rings. The molecule has 0 bridgehead atoms.